The average molecular weight is 377 g/mol. The van der Waals surface area contributed by atoms with Crippen LogP contribution in [0.3, 0.4) is 0 Å². The number of rotatable bonds is 7. The summed E-state index contributed by atoms with van der Waals surface area (Å²) in [5, 5.41) is 11.1. The minimum Gasteiger partial charge on any atom is -0.487 e. The highest BCUT2D eigenvalue weighted by Crippen LogP contribution is 2.27. The van der Waals surface area contributed by atoms with Gasteiger partial charge in [-0.2, -0.15) is 0 Å². The number of hydrogen-bond donors (Lipinski definition) is 2. The number of nitro benzene ring substituents is 1. The number of hydrazine groups is 1. The van der Waals surface area contributed by atoms with E-state index in [0.717, 1.165) is 6.07 Å². The Hall–Kier alpha value is -3.69. The van der Waals surface area contributed by atoms with E-state index in [2.05, 4.69) is 10.9 Å². The SMILES string of the molecule is CCOc1ccc(C(=O)NNC(=O)COc2ccccc2F)cc1[N+](=O)[O-]. The molecule has 2 rings (SSSR count). The van der Waals surface area contributed by atoms with E-state index in [0.29, 0.717) is 0 Å². The first-order valence-electron chi connectivity index (χ1n) is 7.80. The molecule has 0 spiro atoms. The first-order chi connectivity index (χ1) is 12.9. The van der Waals surface area contributed by atoms with Gasteiger partial charge in [0, 0.05) is 11.6 Å². The molecule has 27 heavy (non-hydrogen) atoms. The fourth-order valence-electron chi connectivity index (χ4n) is 2.02. The molecule has 142 valence electrons. The van der Waals surface area contributed by atoms with Gasteiger partial charge in [0.2, 0.25) is 0 Å². The van der Waals surface area contributed by atoms with E-state index in [-0.39, 0.29) is 29.4 Å². The Morgan fingerprint density at radius 2 is 1.85 bits per heavy atom. The Morgan fingerprint density at radius 3 is 2.52 bits per heavy atom. The van der Waals surface area contributed by atoms with Gasteiger partial charge in [0.05, 0.1) is 11.5 Å². The second kappa shape index (κ2) is 9.13. The van der Waals surface area contributed by atoms with Crippen molar-refractivity contribution in [1.29, 1.82) is 0 Å². The van der Waals surface area contributed by atoms with Gasteiger partial charge in [0.25, 0.3) is 11.8 Å². The number of benzene rings is 2. The Kier molecular flexibility index (Phi) is 6.64. The number of halogens is 1. The molecule has 2 N–H and O–H groups in total. The van der Waals surface area contributed by atoms with Crippen LogP contribution in [0.4, 0.5) is 10.1 Å². The topological polar surface area (TPSA) is 120 Å². The number of nitrogens with zero attached hydrogens (tertiary/aromatic N) is 1. The van der Waals surface area contributed by atoms with Crippen molar-refractivity contribution in [3.8, 4) is 11.5 Å². The molecule has 0 heterocycles. The summed E-state index contributed by atoms with van der Waals surface area (Å²) < 4.78 is 23.5. The van der Waals surface area contributed by atoms with E-state index in [1.807, 2.05) is 0 Å². The molecule has 0 aliphatic rings. The largest absolute Gasteiger partial charge is 0.487 e. The molecule has 2 aromatic rings. The zero-order valence-corrected chi connectivity index (χ0v) is 14.2. The number of carbonyl (C=O) groups excluding carboxylic acids is 2. The van der Waals surface area contributed by atoms with E-state index >= 15 is 0 Å². The summed E-state index contributed by atoms with van der Waals surface area (Å²) in [7, 11) is 0. The molecule has 2 aromatic carbocycles. The number of nitrogens with one attached hydrogen (secondary N) is 2. The molecular weight excluding hydrogens is 361 g/mol. The van der Waals surface area contributed by atoms with Crippen LogP contribution in [0, 0.1) is 15.9 Å². The quantitative estimate of drug-likeness (QED) is 0.562. The molecule has 0 fully saturated rings. The zero-order chi connectivity index (χ0) is 19.8. The molecule has 0 unspecified atom stereocenters. The molecule has 0 aliphatic heterocycles. The molecule has 9 nitrogen and oxygen atoms in total. The third-order valence-electron chi connectivity index (χ3n) is 3.23. The number of nitro groups is 1. The highest BCUT2D eigenvalue weighted by molar-refractivity contribution is 5.96. The summed E-state index contributed by atoms with van der Waals surface area (Å²) in [5.74, 6) is -2.23. The molecule has 10 heteroatoms. The third kappa shape index (κ3) is 5.39. The fourth-order valence-corrected chi connectivity index (χ4v) is 2.02. The van der Waals surface area contributed by atoms with E-state index in [4.69, 9.17) is 9.47 Å². The van der Waals surface area contributed by atoms with E-state index < -0.39 is 29.2 Å². The Morgan fingerprint density at radius 1 is 1.11 bits per heavy atom. The van der Waals surface area contributed by atoms with Crippen LogP contribution in [-0.4, -0.2) is 30.0 Å². The molecule has 0 radical (unpaired) electrons. The minimum absolute atomic E-state index is 0.0290. The van der Waals surface area contributed by atoms with Gasteiger partial charge in [-0.25, -0.2) is 4.39 Å². The van der Waals surface area contributed by atoms with Gasteiger partial charge in [0.15, 0.2) is 23.9 Å². The standard InChI is InChI=1S/C17H16FN3O6/c1-2-26-15-8-7-11(9-13(15)21(24)25)17(23)20-19-16(22)10-27-14-6-4-3-5-12(14)18/h3-9H,2,10H2,1H3,(H,19,22)(H,20,23). The first-order valence-corrected chi connectivity index (χ1v) is 7.80. The van der Waals surface area contributed by atoms with Gasteiger partial charge in [-0.3, -0.25) is 30.6 Å². The van der Waals surface area contributed by atoms with Crippen LogP contribution in [-0.2, 0) is 4.79 Å². The third-order valence-corrected chi connectivity index (χ3v) is 3.23. The van der Waals surface area contributed by atoms with Crippen molar-refractivity contribution in [2.75, 3.05) is 13.2 Å². The van der Waals surface area contributed by atoms with Crippen molar-refractivity contribution >= 4 is 17.5 Å². The second-order valence-electron chi connectivity index (χ2n) is 5.09. The van der Waals surface area contributed by atoms with Crippen LogP contribution < -0.4 is 20.3 Å². The van der Waals surface area contributed by atoms with Gasteiger partial charge in [0.1, 0.15) is 0 Å². The molecule has 0 saturated carbocycles. The Labute approximate surface area is 153 Å². The minimum atomic E-state index is -0.777. The summed E-state index contributed by atoms with van der Waals surface area (Å²) in [6, 6.07) is 9.17. The predicted molar refractivity (Wildman–Crippen MR) is 91.8 cm³/mol. The number of hydrogen-bond acceptors (Lipinski definition) is 6. The summed E-state index contributed by atoms with van der Waals surface area (Å²) >= 11 is 0. The summed E-state index contributed by atoms with van der Waals surface area (Å²) in [5.41, 5.74) is 3.73. The lowest BCUT2D eigenvalue weighted by molar-refractivity contribution is -0.385. The molecule has 0 saturated heterocycles. The fraction of sp³-hybridized carbons (Fsp3) is 0.176. The van der Waals surface area contributed by atoms with Crippen molar-refractivity contribution in [3.63, 3.8) is 0 Å². The van der Waals surface area contributed by atoms with Crippen LogP contribution in [0.5, 0.6) is 11.5 Å². The average Bonchev–Trinajstić information content (AvgIpc) is 2.65. The van der Waals surface area contributed by atoms with Crippen LogP contribution in [0.15, 0.2) is 42.5 Å². The van der Waals surface area contributed by atoms with Crippen molar-refractivity contribution in [2.45, 2.75) is 6.92 Å². The zero-order valence-electron chi connectivity index (χ0n) is 14.2. The van der Waals surface area contributed by atoms with Gasteiger partial charge in [-0.1, -0.05) is 12.1 Å². The van der Waals surface area contributed by atoms with Gasteiger partial charge in [-0.15, -0.1) is 0 Å². The van der Waals surface area contributed by atoms with Crippen LogP contribution >= 0.6 is 0 Å². The second-order valence-corrected chi connectivity index (χ2v) is 5.09. The summed E-state index contributed by atoms with van der Waals surface area (Å²) in [6.45, 7) is 1.36. The van der Waals surface area contributed by atoms with Gasteiger partial charge in [-0.05, 0) is 31.2 Å². The van der Waals surface area contributed by atoms with E-state index in [1.165, 1.54) is 36.4 Å². The number of ether oxygens (including phenoxy) is 2. The highest BCUT2D eigenvalue weighted by Gasteiger charge is 2.19. The Balaban J connectivity index is 1.93. The normalized spacial score (nSPS) is 10.0. The lowest BCUT2D eigenvalue weighted by Crippen LogP contribution is -2.43. The highest BCUT2D eigenvalue weighted by atomic mass is 19.1. The van der Waals surface area contributed by atoms with Gasteiger partial charge < -0.3 is 9.47 Å². The molecule has 2 amide bonds. The molecule has 0 aliphatic carbocycles. The Bertz CT molecular complexity index is 858. The van der Waals surface area contributed by atoms with Crippen LogP contribution in [0.1, 0.15) is 17.3 Å². The van der Waals surface area contributed by atoms with E-state index in [9.17, 15) is 24.1 Å². The smallest absolute Gasteiger partial charge is 0.311 e. The summed E-state index contributed by atoms with van der Waals surface area (Å²) in [4.78, 5) is 34.1. The summed E-state index contributed by atoms with van der Waals surface area (Å²) in [6.07, 6.45) is 0. The monoisotopic (exact) mass is 377 g/mol. The number of para-hydroxylation sites is 1. The maximum Gasteiger partial charge on any atom is 0.311 e. The lowest BCUT2D eigenvalue weighted by Gasteiger charge is -2.10. The van der Waals surface area contributed by atoms with Crippen LogP contribution in [0.2, 0.25) is 0 Å². The van der Waals surface area contributed by atoms with Crippen molar-refractivity contribution in [2.24, 2.45) is 0 Å². The van der Waals surface area contributed by atoms with Crippen LogP contribution in [0.25, 0.3) is 0 Å². The lowest BCUT2D eigenvalue weighted by atomic mass is 10.2. The number of amides is 2. The maximum absolute atomic E-state index is 13.4. The maximum atomic E-state index is 13.4. The molecular formula is C17H16FN3O6. The first kappa shape index (κ1) is 19.6. The molecule has 0 aromatic heterocycles. The van der Waals surface area contributed by atoms with Crippen molar-refractivity contribution < 1.29 is 28.4 Å². The molecule has 0 atom stereocenters. The predicted octanol–water partition coefficient (Wildman–Crippen LogP) is 1.97. The van der Waals surface area contributed by atoms with E-state index in [1.54, 1.807) is 6.92 Å². The van der Waals surface area contributed by atoms with Crippen molar-refractivity contribution in [3.05, 3.63) is 64.0 Å². The van der Waals surface area contributed by atoms with Crippen molar-refractivity contribution in [1.82, 2.24) is 10.9 Å². The molecule has 0 bridgehead atoms. The number of carbonyl (C=O) groups is 2. The van der Waals surface area contributed by atoms with Gasteiger partial charge >= 0.3 is 5.69 Å².